The van der Waals surface area contributed by atoms with Crippen molar-refractivity contribution in [2.45, 2.75) is 6.29 Å². The molecule has 5 nitrogen and oxygen atoms in total. The summed E-state index contributed by atoms with van der Waals surface area (Å²) in [5, 5.41) is 8.43. The maximum Gasteiger partial charge on any atom is 0.180 e. The molecular weight excluding hydrogens is 200 g/mol. The Morgan fingerprint density at radius 3 is 2.60 bits per heavy atom. The van der Waals surface area contributed by atoms with Gasteiger partial charge in [-0.25, -0.2) is 0 Å². The molecule has 0 bridgehead atoms. The fraction of sp³-hybridized carbons (Fsp3) is 0.800. The van der Waals surface area contributed by atoms with Gasteiger partial charge in [0.1, 0.15) is 0 Å². The van der Waals surface area contributed by atoms with Crippen LogP contribution in [-0.4, -0.2) is 58.1 Å². The van der Waals surface area contributed by atoms with Crippen LogP contribution in [0.4, 0.5) is 0 Å². The first-order valence-corrected chi connectivity index (χ1v) is 4.86. The summed E-state index contributed by atoms with van der Waals surface area (Å²) in [5.41, 5.74) is 0. The van der Waals surface area contributed by atoms with Crippen molar-refractivity contribution in [2.24, 2.45) is 0 Å². The second-order valence-corrected chi connectivity index (χ2v) is 2.70. The van der Waals surface area contributed by atoms with E-state index in [2.05, 4.69) is 6.58 Å². The molecule has 15 heavy (non-hydrogen) atoms. The minimum Gasteiger partial charge on any atom is -0.394 e. The van der Waals surface area contributed by atoms with Crippen molar-refractivity contribution < 1.29 is 24.1 Å². The fourth-order valence-corrected chi connectivity index (χ4v) is 0.824. The molecule has 0 saturated heterocycles. The number of methoxy groups -OCH3 is 1. The van der Waals surface area contributed by atoms with Crippen LogP contribution in [0.3, 0.4) is 0 Å². The Bertz CT molecular complexity index is 140. The second-order valence-electron chi connectivity index (χ2n) is 2.70. The largest absolute Gasteiger partial charge is 0.394 e. The van der Waals surface area contributed by atoms with E-state index >= 15 is 0 Å². The average Bonchev–Trinajstić information content (AvgIpc) is 2.27. The van der Waals surface area contributed by atoms with Crippen LogP contribution in [-0.2, 0) is 18.9 Å². The van der Waals surface area contributed by atoms with Gasteiger partial charge in [-0.05, 0) is 0 Å². The van der Waals surface area contributed by atoms with Crippen molar-refractivity contribution >= 4 is 0 Å². The van der Waals surface area contributed by atoms with Gasteiger partial charge in [0.2, 0.25) is 0 Å². The van der Waals surface area contributed by atoms with Gasteiger partial charge in [0.05, 0.1) is 39.6 Å². The van der Waals surface area contributed by atoms with E-state index in [1.54, 1.807) is 13.2 Å². The Balaban J connectivity index is 3.26. The molecule has 0 aromatic carbocycles. The van der Waals surface area contributed by atoms with E-state index in [1.807, 2.05) is 0 Å². The number of ether oxygens (including phenoxy) is 4. The SMILES string of the molecule is C=CCOC(COCCOCCO)OC. The van der Waals surface area contributed by atoms with Gasteiger partial charge in [0.25, 0.3) is 0 Å². The van der Waals surface area contributed by atoms with E-state index in [0.29, 0.717) is 33.0 Å². The van der Waals surface area contributed by atoms with Crippen molar-refractivity contribution in [2.75, 3.05) is 46.8 Å². The first-order chi connectivity index (χ1) is 7.35. The molecule has 5 heteroatoms. The predicted molar refractivity (Wildman–Crippen MR) is 55.7 cm³/mol. The van der Waals surface area contributed by atoms with Crippen LogP contribution in [0.25, 0.3) is 0 Å². The van der Waals surface area contributed by atoms with Gasteiger partial charge in [-0.1, -0.05) is 6.08 Å². The summed E-state index contributed by atoms with van der Waals surface area (Å²) in [4.78, 5) is 0. The third kappa shape index (κ3) is 9.84. The Kier molecular flexibility index (Phi) is 11.3. The van der Waals surface area contributed by atoms with Crippen molar-refractivity contribution in [3.05, 3.63) is 12.7 Å². The molecule has 90 valence electrons. The summed E-state index contributed by atoms with van der Waals surface area (Å²) in [6.07, 6.45) is 1.27. The molecule has 0 saturated carbocycles. The monoisotopic (exact) mass is 220 g/mol. The molecule has 0 spiro atoms. The summed E-state index contributed by atoms with van der Waals surface area (Å²) in [6.45, 7) is 5.60. The Morgan fingerprint density at radius 1 is 1.27 bits per heavy atom. The Labute approximate surface area is 90.6 Å². The van der Waals surface area contributed by atoms with Crippen molar-refractivity contribution in [3.8, 4) is 0 Å². The Hall–Kier alpha value is -0.460. The van der Waals surface area contributed by atoms with E-state index in [0.717, 1.165) is 0 Å². The molecule has 0 aliphatic rings. The van der Waals surface area contributed by atoms with Gasteiger partial charge < -0.3 is 24.1 Å². The van der Waals surface area contributed by atoms with E-state index in [-0.39, 0.29) is 12.9 Å². The first-order valence-electron chi connectivity index (χ1n) is 4.86. The molecular formula is C10H20O5. The van der Waals surface area contributed by atoms with E-state index in [1.165, 1.54) is 0 Å². The van der Waals surface area contributed by atoms with E-state index in [9.17, 15) is 0 Å². The van der Waals surface area contributed by atoms with E-state index in [4.69, 9.17) is 24.1 Å². The van der Waals surface area contributed by atoms with Gasteiger partial charge in [-0.15, -0.1) is 6.58 Å². The standard InChI is InChI=1S/C10H20O5/c1-3-5-15-10(12-2)9-14-8-7-13-6-4-11/h3,10-11H,1,4-9H2,2H3. The third-order valence-electron chi connectivity index (χ3n) is 1.52. The summed E-state index contributed by atoms with van der Waals surface area (Å²) >= 11 is 0. The molecule has 1 atom stereocenters. The number of rotatable bonds is 11. The maximum atomic E-state index is 8.43. The zero-order chi connectivity index (χ0) is 11.4. The molecule has 0 aromatic heterocycles. The molecule has 0 rings (SSSR count). The first kappa shape index (κ1) is 14.5. The molecule has 0 aliphatic carbocycles. The quantitative estimate of drug-likeness (QED) is 0.306. The van der Waals surface area contributed by atoms with Crippen LogP contribution in [0.1, 0.15) is 0 Å². The average molecular weight is 220 g/mol. The normalized spacial score (nSPS) is 12.7. The lowest BCUT2D eigenvalue weighted by atomic mass is 10.6. The zero-order valence-electron chi connectivity index (χ0n) is 9.18. The molecule has 0 heterocycles. The molecule has 1 unspecified atom stereocenters. The van der Waals surface area contributed by atoms with Crippen LogP contribution in [0.5, 0.6) is 0 Å². The summed E-state index contributed by atoms with van der Waals surface area (Å²) in [5.74, 6) is 0. The van der Waals surface area contributed by atoms with Crippen LogP contribution in [0, 0.1) is 0 Å². The highest BCUT2D eigenvalue weighted by atomic mass is 16.7. The van der Waals surface area contributed by atoms with Gasteiger partial charge in [-0.2, -0.15) is 0 Å². The highest BCUT2D eigenvalue weighted by Gasteiger charge is 2.05. The molecule has 0 aliphatic heterocycles. The second kappa shape index (κ2) is 11.6. The fourth-order valence-electron chi connectivity index (χ4n) is 0.824. The summed E-state index contributed by atoms with van der Waals surface area (Å²) in [6, 6.07) is 0. The zero-order valence-corrected chi connectivity index (χ0v) is 9.18. The third-order valence-corrected chi connectivity index (χ3v) is 1.52. The highest BCUT2D eigenvalue weighted by molar-refractivity contribution is 4.64. The van der Waals surface area contributed by atoms with Gasteiger partial charge in [-0.3, -0.25) is 0 Å². The number of hydrogen-bond acceptors (Lipinski definition) is 5. The van der Waals surface area contributed by atoms with Crippen molar-refractivity contribution in [1.82, 2.24) is 0 Å². The van der Waals surface area contributed by atoms with Crippen LogP contribution in [0.15, 0.2) is 12.7 Å². The lowest BCUT2D eigenvalue weighted by molar-refractivity contribution is -0.153. The smallest absolute Gasteiger partial charge is 0.180 e. The number of aliphatic hydroxyl groups excluding tert-OH is 1. The number of hydrogen-bond donors (Lipinski definition) is 1. The maximum absolute atomic E-state index is 8.43. The Morgan fingerprint density at radius 2 is 2.00 bits per heavy atom. The molecule has 0 aromatic rings. The van der Waals surface area contributed by atoms with Crippen LogP contribution < -0.4 is 0 Å². The van der Waals surface area contributed by atoms with Gasteiger partial charge in [0.15, 0.2) is 6.29 Å². The minimum absolute atomic E-state index is 0.0309. The van der Waals surface area contributed by atoms with Crippen LogP contribution >= 0.6 is 0 Å². The lowest BCUT2D eigenvalue weighted by Crippen LogP contribution is -2.23. The molecule has 0 radical (unpaired) electrons. The lowest BCUT2D eigenvalue weighted by Gasteiger charge is -2.15. The van der Waals surface area contributed by atoms with E-state index < -0.39 is 0 Å². The van der Waals surface area contributed by atoms with Gasteiger partial charge in [0, 0.05) is 7.11 Å². The van der Waals surface area contributed by atoms with Gasteiger partial charge >= 0.3 is 0 Å². The molecule has 1 N–H and O–H groups in total. The number of aliphatic hydroxyl groups is 1. The van der Waals surface area contributed by atoms with Crippen molar-refractivity contribution in [3.63, 3.8) is 0 Å². The molecule has 0 amide bonds. The summed E-state index contributed by atoms with van der Waals surface area (Å²) in [7, 11) is 1.55. The summed E-state index contributed by atoms with van der Waals surface area (Å²) < 4.78 is 20.5. The van der Waals surface area contributed by atoms with Crippen LogP contribution in [0.2, 0.25) is 0 Å². The minimum atomic E-state index is -0.374. The highest BCUT2D eigenvalue weighted by Crippen LogP contribution is 1.94. The molecule has 0 fully saturated rings. The topological polar surface area (TPSA) is 57.2 Å². The van der Waals surface area contributed by atoms with Crippen molar-refractivity contribution in [1.29, 1.82) is 0 Å². The predicted octanol–water partition coefficient (Wildman–Crippen LogP) is 0.187.